The Labute approximate surface area is 89.5 Å². The number of rotatable bonds is 7. The largest absolute Gasteiger partial charge is 0.409 e. The first-order valence-electron chi connectivity index (χ1n) is 4.93. The molecule has 6 nitrogen and oxygen atoms in total. The van der Waals surface area contributed by atoms with E-state index >= 15 is 0 Å². The van der Waals surface area contributed by atoms with Crippen molar-refractivity contribution in [2.75, 3.05) is 19.8 Å². The van der Waals surface area contributed by atoms with E-state index in [9.17, 15) is 4.79 Å². The summed E-state index contributed by atoms with van der Waals surface area (Å²) >= 11 is 0. The number of nitrogens with zero attached hydrogens (tertiary/aromatic N) is 1. The summed E-state index contributed by atoms with van der Waals surface area (Å²) in [5.41, 5.74) is 5.35. The van der Waals surface area contributed by atoms with Crippen LogP contribution >= 0.6 is 0 Å². The lowest BCUT2D eigenvalue weighted by Gasteiger charge is -2.10. The Bertz CT molecular complexity index is 219. The molecule has 0 aromatic carbocycles. The van der Waals surface area contributed by atoms with E-state index in [4.69, 9.17) is 15.7 Å². The Hall–Kier alpha value is -1.30. The van der Waals surface area contributed by atoms with Gasteiger partial charge in [-0.05, 0) is 6.92 Å². The molecule has 15 heavy (non-hydrogen) atoms. The van der Waals surface area contributed by atoms with Crippen molar-refractivity contribution in [2.24, 2.45) is 16.8 Å². The van der Waals surface area contributed by atoms with Crippen molar-refractivity contribution in [3.05, 3.63) is 0 Å². The van der Waals surface area contributed by atoms with Gasteiger partial charge in [0, 0.05) is 25.5 Å². The summed E-state index contributed by atoms with van der Waals surface area (Å²) in [4.78, 5) is 11.2. The van der Waals surface area contributed by atoms with Crippen LogP contribution in [0.5, 0.6) is 0 Å². The van der Waals surface area contributed by atoms with Crippen LogP contribution in [0.2, 0.25) is 0 Å². The molecule has 0 spiro atoms. The van der Waals surface area contributed by atoms with Crippen molar-refractivity contribution in [2.45, 2.75) is 20.3 Å². The van der Waals surface area contributed by atoms with E-state index in [1.165, 1.54) is 0 Å². The number of amidine groups is 1. The second-order valence-electron chi connectivity index (χ2n) is 3.18. The van der Waals surface area contributed by atoms with Crippen molar-refractivity contribution in [3.8, 4) is 0 Å². The molecule has 0 rings (SSSR count). The SMILES string of the molecule is CCOCCC(=O)NCC(C)C(N)=NO. The van der Waals surface area contributed by atoms with Crippen molar-refractivity contribution >= 4 is 11.7 Å². The number of nitrogens with one attached hydrogen (secondary N) is 1. The predicted octanol–water partition coefficient (Wildman–Crippen LogP) is -0.0883. The van der Waals surface area contributed by atoms with E-state index in [2.05, 4.69) is 10.5 Å². The van der Waals surface area contributed by atoms with Crippen molar-refractivity contribution < 1.29 is 14.7 Å². The van der Waals surface area contributed by atoms with Gasteiger partial charge < -0.3 is 21.0 Å². The minimum atomic E-state index is -0.175. The minimum absolute atomic E-state index is 0.0963. The molecule has 0 saturated heterocycles. The standard InChI is InChI=1S/C9H19N3O3/c1-3-15-5-4-8(13)11-6-7(2)9(10)12-14/h7,14H,3-6H2,1-2H3,(H2,10,12)(H,11,13). The second kappa shape index (κ2) is 8.05. The van der Waals surface area contributed by atoms with Gasteiger partial charge >= 0.3 is 0 Å². The first kappa shape index (κ1) is 13.7. The molecule has 1 amide bonds. The Morgan fingerprint density at radius 2 is 2.33 bits per heavy atom. The van der Waals surface area contributed by atoms with Gasteiger partial charge in [0.1, 0.15) is 5.84 Å². The maximum Gasteiger partial charge on any atom is 0.222 e. The summed E-state index contributed by atoms with van der Waals surface area (Å²) in [6.07, 6.45) is 0.330. The van der Waals surface area contributed by atoms with Gasteiger partial charge in [0.25, 0.3) is 0 Å². The second-order valence-corrected chi connectivity index (χ2v) is 3.18. The summed E-state index contributed by atoms with van der Waals surface area (Å²) in [6, 6.07) is 0. The van der Waals surface area contributed by atoms with Gasteiger partial charge in [-0.2, -0.15) is 0 Å². The molecule has 1 unspecified atom stereocenters. The molecule has 88 valence electrons. The first-order valence-corrected chi connectivity index (χ1v) is 4.93. The zero-order valence-corrected chi connectivity index (χ0v) is 9.19. The van der Waals surface area contributed by atoms with E-state index in [0.717, 1.165) is 0 Å². The fourth-order valence-electron chi connectivity index (χ4n) is 0.868. The van der Waals surface area contributed by atoms with Gasteiger partial charge in [-0.15, -0.1) is 0 Å². The van der Waals surface area contributed by atoms with Crippen molar-refractivity contribution in [3.63, 3.8) is 0 Å². The van der Waals surface area contributed by atoms with Crippen molar-refractivity contribution in [1.82, 2.24) is 5.32 Å². The first-order chi connectivity index (χ1) is 7.11. The highest BCUT2D eigenvalue weighted by Crippen LogP contribution is 1.92. The molecule has 0 bridgehead atoms. The highest BCUT2D eigenvalue weighted by atomic mass is 16.5. The number of carbonyl (C=O) groups excluding carboxylic acids is 1. The van der Waals surface area contributed by atoms with E-state index in [-0.39, 0.29) is 17.7 Å². The number of amides is 1. The van der Waals surface area contributed by atoms with Gasteiger partial charge in [-0.1, -0.05) is 12.1 Å². The lowest BCUT2D eigenvalue weighted by atomic mass is 10.1. The maximum atomic E-state index is 11.2. The van der Waals surface area contributed by atoms with Gasteiger partial charge in [0.15, 0.2) is 0 Å². The summed E-state index contributed by atoms with van der Waals surface area (Å²) in [5, 5.41) is 13.9. The molecule has 0 aliphatic rings. The van der Waals surface area contributed by atoms with E-state index in [1.54, 1.807) is 6.92 Å². The molecular formula is C9H19N3O3. The summed E-state index contributed by atoms with van der Waals surface area (Å²) in [6.45, 7) is 5.02. The Balaban J connectivity index is 3.62. The van der Waals surface area contributed by atoms with Gasteiger partial charge in [-0.25, -0.2) is 0 Å². The van der Waals surface area contributed by atoms with Gasteiger partial charge in [-0.3, -0.25) is 4.79 Å². The van der Waals surface area contributed by atoms with Crippen LogP contribution in [0.15, 0.2) is 5.16 Å². The molecule has 0 aliphatic carbocycles. The lowest BCUT2D eigenvalue weighted by molar-refractivity contribution is -0.122. The fraction of sp³-hybridized carbons (Fsp3) is 0.778. The predicted molar refractivity (Wildman–Crippen MR) is 56.7 cm³/mol. The van der Waals surface area contributed by atoms with Crippen molar-refractivity contribution in [1.29, 1.82) is 0 Å². The zero-order chi connectivity index (χ0) is 11.7. The van der Waals surface area contributed by atoms with Gasteiger partial charge in [0.2, 0.25) is 5.91 Å². The number of oxime groups is 1. The Morgan fingerprint density at radius 3 is 2.87 bits per heavy atom. The normalized spacial score (nSPS) is 13.6. The number of hydrogen-bond acceptors (Lipinski definition) is 4. The third-order valence-corrected chi connectivity index (χ3v) is 1.90. The van der Waals surface area contributed by atoms with Crippen LogP contribution in [0.1, 0.15) is 20.3 Å². The van der Waals surface area contributed by atoms with Crippen LogP contribution in [-0.2, 0) is 9.53 Å². The van der Waals surface area contributed by atoms with Crippen LogP contribution in [0, 0.1) is 5.92 Å². The third kappa shape index (κ3) is 6.73. The number of carbonyl (C=O) groups is 1. The summed E-state index contributed by atoms with van der Waals surface area (Å²) in [5.74, 6) is -0.160. The van der Waals surface area contributed by atoms with Crippen LogP contribution in [-0.4, -0.2) is 36.7 Å². The molecule has 0 radical (unpaired) electrons. The highest BCUT2D eigenvalue weighted by molar-refractivity contribution is 5.83. The molecule has 1 atom stereocenters. The van der Waals surface area contributed by atoms with Crippen LogP contribution < -0.4 is 11.1 Å². The monoisotopic (exact) mass is 217 g/mol. The topological polar surface area (TPSA) is 96.9 Å². The number of nitrogens with two attached hydrogens (primary N) is 1. The smallest absolute Gasteiger partial charge is 0.222 e. The fourth-order valence-corrected chi connectivity index (χ4v) is 0.868. The summed E-state index contributed by atoms with van der Waals surface area (Å²) < 4.78 is 5.03. The minimum Gasteiger partial charge on any atom is -0.409 e. The Kier molecular flexibility index (Phi) is 7.35. The van der Waals surface area contributed by atoms with E-state index in [1.807, 2.05) is 6.92 Å². The molecule has 0 aromatic rings. The number of hydrogen-bond donors (Lipinski definition) is 3. The average Bonchev–Trinajstić information content (AvgIpc) is 2.25. The van der Waals surface area contributed by atoms with Crippen LogP contribution in [0.25, 0.3) is 0 Å². The number of ether oxygens (including phenoxy) is 1. The molecular weight excluding hydrogens is 198 g/mol. The molecule has 6 heteroatoms. The highest BCUT2D eigenvalue weighted by Gasteiger charge is 2.09. The zero-order valence-electron chi connectivity index (χ0n) is 9.19. The lowest BCUT2D eigenvalue weighted by Crippen LogP contribution is -2.35. The van der Waals surface area contributed by atoms with Gasteiger partial charge in [0.05, 0.1) is 6.61 Å². The van der Waals surface area contributed by atoms with Crippen LogP contribution in [0.4, 0.5) is 0 Å². The quantitative estimate of drug-likeness (QED) is 0.182. The third-order valence-electron chi connectivity index (χ3n) is 1.90. The maximum absolute atomic E-state index is 11.2. The molecule has 0 heterocycles. The molecule has 4 N–H and O–H groups in total. The molecule has 0 saturated carbocycles. The van der Waals surface area contributed by atoms with Crippen LogP contribution in [0.3, 0.4) is 0 Å². The molecule has 0 aliphatic heterocycles. The summed E-state index contributed by atoms with van der Waals surface area (Å²) in [7, 11) is 0. The average molecular weight is 217 g/mol. The van der Waals surface area contributed by atoms with E-state index < -0.39 is 0 Å². The van der Waals surface area contributed by atoms with E-state index in [0.29, 0.717) is 26.2 Å². The Morgan fingerprint density at radius 1 is 1.67 bits per heavy atom. The molecule has 0 aromatic heterocycles. The molecule has 0 fully saturated rings.